The van der Waals surface area contributed by atoms with Crippen molar-refractivity contribution in [3.05, 3.63) is 68.8 Å². The van der Waals surface area contributed by atoms with Gasteiger partial charge < -0.3 is 4.98 Å². The minimum atomic E-state index is -4.31. The van der Waals surface area contributed by atoms with Gasteiger partial charge >= 0.3 is 11.0 Å². The predicted molar refractivity (Wildman–Crippen MR) is 76.7 cm³/mol. The Morgan fingerprint density at radius 2 is 1.67 bits per heavy atom. The minimum absolute atomic E-state index is 0.114. The van der Waals surface area contributed by atoms with E-state index in [9.17, 15) is 18.0 Å². The van der Waals surface area contributed by atoms with E-state index in [0.717, 1.165) is 44.8 Å². The second-order valence-electron chi connectivity index (χ2n) is 4.72. The van der Waals surface area contributed by atoms with Crippen molar-refractivity contribution in [2.45, 2.75) is 12.6 Å². The number of halogens is 3. The largest absolute Gasteiger partial charge is 0.416 e. The van der Waals surface area contributed by atoms with Crippen LogP contribution in [-0.2, 0) is 12.6 Å². The van der Waals surface area contributed by atoms with Crippen LogP contribution in [-0.4, -0.2) is 4.98 Å². The number of alkyl halides is 3. The lowest BCUT2D eigenvalue weighted by molar-refractivity contribution is -0.137. The van der Waals surface area contributed by atoms with E-state index in [2.05, 4.69) is 4.98 Å². The maximum atomic E-state index is 12.5. The lowest BCUT2D eigenvalue weighted by atomic mass is 10.0. The third kappa shape index (κ3) is 3.00. The van der Waals surface area contributed by atoms with Crippen LogP contribution in [0.2, 0.25) is 0 Å². The van der Waals surface area contributed by atoms with Crippen molar-refractivity contribution in [3.8, 4) is 0 Å². The van der Waals surface area contributed by atoms with Crippen molar-refractivity contribution in [1.82, 2.24) is 4.98 Å². The average molecular weight is 309 g/mol. The quantitative estimate of drug-likeness (QED) is 0.756. The fraction of sp³-hybridized carbons (Fsp3) is 0.133. The molecule has 2 aromatic carbocycles. The summed E-state index contributed by atoms with van der Waals surface area (Å²) in [5.74, 6) is 0. The number of aromatic nitrogens is 1. The number of benzene rings is 2. The smallest absolute Gasteiger partial charge is 0.312 e. The van der Waals surface area contributed by atoms with E-state index in [-0.39, 0.29) is 4.87 Å². The predicted octanol–water partition coefficient (Wildman–Crippen LogP) is 4.20. The molecule has 0 amide bonds. The normalized spacial score (nSPS) is 12.0. The summed E-state index contributed by atoms with van der Waals surface area (Å²) in [6.07, 6.45) is -3.78. The molecule has 0 unspecified atom stereocenters. The maximum absolute atomic E-state index is 12.5. The van der Waals surface area contributed by atoms with E-state index in [1.54, 1.807) is 0 Å². The molecule has 0 aliphatic carbocycles. The summed E-state index contributed by atoms with van der Waals surface area (Å²) in [6, 6.07) is 10.7. The third-order valence-electron chi connectivity index (χ3n) is 3.17. The molecule has 1 heterocycles. The van der Waals surface area contributed by atoms with Gasteiger partial charge in [-0.1, -0.05) is 29.5 Å². The minimum Gasteiger partial charge on any atom is -0.312 e. The number of H-pyrrole nitrogens is 1. The molecule has 0 fully saturated rings. The molecule has 0 bridgehead atoms. The van der Waals surface area contributed by atoms with Gasteiger partial charge in [-0.3, -0.25) is 4.79 Å². The van der Waals surface area contributed by atoms with Gasteiger partial charge in [-0.15, -0.1) is 0 Å². The zero-order chi connectivity index (χ0) is 15.0. The Morgan fingerprint density at radius 1 is 1.00 bits per heavy atom. The second kappa shape index (κ2) is 5.04. The highest BCUT2D eigenvalue weighted by Gasteiger charge is 2.29. The van der Waals surface area contributed by atoms with Gasteiger partial charge in [0, 0.05) is 0 Å². The van der Waals surface area contributed by atoms with Crippen LogP contribution in [0.5, 0.6) is 0 Å². The van der Waals surface area contributed by atoms with Gasteiger partial charge in [-0.2, -0.15) is 13.2 Å². The number of hydrogen-bond acceptors (Lipinski definition) is 2. The molecule has 2 nitrogen and oxygen atoms in total. The molecule has 0 radical (unpaired) electrons. The van der Waals surface area contributed by atoms with E-state index >= 15 is 0 Å². The number of nitrogens with one attached hydrogen (secondary N) is 1. The summed E-state index contributed by atoms with van der Waals surface area (Å²) in [7, 11) is 0. The van der Waals surface area contributed by atoms with Crippen molar-refractivity contribution >= 4 is 21.6 Å². The van der Waals surface area contributed by atoms with Crippen LogP contribution < -0.4 is 4.87 Å². The Kier molecular flexibility index (Phi) is 3.33. The zero-order valence-electron chi connectivity index (χ0n) is 10.7. The number of aromatic amines is 1. The third-order valence-corrected chi connectivity index (χ3v) is 4.02. The Balaban J connectivity index is 1.86. The molecule has 0 saturated carbocycles. The van der Waals surface area contributed by atoms with E-state index in [1.807, 2.05) is 18.2 Å². The topological polar surface area (TPSA) is 32.9 Å². The van der Waals surface area contributed by atoms with Crippen LogP contribution in [0.1, 0.15) is 16.7 Å². The van der Waals surface area contributed by atoms with E-state index < -0.39 is 11.7 Å². The molecule has 3 aromatic rings. The van der Waals surface area contributed by atoms with E-state index in [1.165, 1.54) is 12.1 Å². The lowest BCUT2D eigenvalue weighted by Crippen LogP contribution is -2.04. The van der Waals surface area contributed by atoms with Crippen LogP contribution >= 0.6 is 11.3 Å². The van der Waals surface area contributed by atoms with Gasteiger partial charge in [0.1, 0.15) is 0 Å². The fourth-order valence-electron chi connectivity index (χ4n) is 2.15. The van der Waals surface area contributed by atoms with Gasteiger partial charge in [0.2, 0.25) is 0 Å². The highest BCUT2D eigenvalue weighted by atomic mass is 32.1. The molecule has 0 spiro atoms. The van der Waals surface area contributed by atoms with Crippen LogP contribution in [0.25, 0.3) is 10.2 Å². The fourth-order valence-corrected chi connectivity index (χ4v) is 2.95. The van der Waals surface area contributed by atoms with Gasteiger partial charge in [0.05, 0.1) is 15.8 Å². The SMILES string of the molecule is O=c1[nH]c2ccc(Cc3ccc(C(F)(F)F)cc3)cc2s1. The monoisotopic (exact) mass is 309 g/mol. The summed E-state index contributed by atoms with van der Waals surface area (Å²) in [5, 5.41) is 0. The first kappa shape index (κ1) is 13.9. The first-order valence-electron chi connectivity index (χ1n) is 6.20. The van der Waals surface area contributed by atoms with Crippen LogP contribution in [0.15, 0.2) is 47.3 Å². The molecular weight excluding hydrogens is 299 g/mol. The molecule has 21 heavy (non-hydrogen) atoms. The summed E-state index contributed by atoms with van der Waals surface area (Å²) in [4.78, 5) is 13.8. The van der Waals surface area contributed by atoms with Crippen molar-refractivity contribution in [1.29, 1.82) is 0 Å². The van der Waals surface area contributed by atoms with Crippen molar-refractivity contribution in [2.24, 2.45) is 0 Å². The van der Waals surface area contributed by atoms with Crippen molar-refractivity contribution < 1.29 is 13.2 Å². The zero-order valence-corrected chi connectivity index (χ0v) is 11.5. The molecule has 1 aromatic heterocycles. The Hall–Kier alpha value is -2.08. The number of hydrogen-bond donors (Lipinski definition) is 1. The molecule has 3 rings (SSSR count). The summed E-state index contributed by atoms with van der Waals surface area (Å²) in [6.45, 7) is 0. The summed E-state index contributed by atoms with van der Waals surface area (Å²) in [5.41, 5.74) is 1.88. The summed E-state index contributed by atoms with van der Waals surface area (Å²) < 4.78 is 38.3. The highest BCUT2D eigenvalue weighted by Crippen LogP contribution is 2.29. The first-order valence-corrected chi connectivity index (χ1v) is 7.01. The molecule has 1 N–H and O–H groups in total. The van der Waals surface area contributed by atoms with E-state index in [0.29, 0.717) is 6.42 Å². The lowest BCUT2D eigenvalue weighted by Gasteiger charge is -2.07. The number of rotatable bonds is 2. The van der Waals surface area contributed by atoms with Crippen molar-refractivity contribution in [3.63, 3.8) is 0 Å². The summed E-state index contributed by atoms with van der Waals surface area (Å²) >= 11 is 1.12. The Morgan fingerprint density at radius 3 is 2.33 bits per heavy atom. The van der Waals surface area contributed by atoms with Gasteiger partial charge in [-0.05, 0) is 41.8 Å². The van der Waals surface area contributed by atoms with Gasteiger partial charge in [0.15, 0.2) is 0 Å². The van der Waals surface area contributed by atoms with E-state index in [4.69, 9.17) is 0 Å². The molecular formula is C15H10F3NOS. The van der Waals surface area contributed by atoms with Gasteiger partial charge in [-0.25, -0.2) is 0 Å². The number of fused-ring (bicyclic) bond motifs is 1. The molecule has 0 atom stereocenters. The average Bonchev–Trinajstić information content (AvgIpc) is 2.78. The molecule has 0 saturated heterocycles. The second-order valence-corrected chi connectivity index (χ2v) is 5.73. The van der Waals surface area contributed by atoms with Gasteiger partial charge in [0.25, 0.3) is 0 Å². The Labute approximate surface area is 121 Å². The van der Waals surface area contributed by atoms with Crippen molar-refractivity contribution in [2.75, 3.05) is 0 Å². The van der Waals surface area contributed by atoms with Crippen LogP contribution in [0.4, 0.5) is 13.2 Å². The standard InChI is InChI=1S/C15H10F3NOS/c16-15(17,18)11-4-1-9(2-5-11)7-10-3-6-12-13(8-10)21-14(20)19-12/h1-6,8H,7H2,(H,19,20). The first-order chi connectivity index (χ1) is 9.91. The number of thiazole rings is 1. The molecule has 6 heteroatoms. The Bertz CT molecular complexity index is 830. The molecule has 0 aliphatic heterocycles. The molecule has 108 valence electrons. The van der Waals surface area contributed by atoms with Crippen LogP contribution in [0, 0.1) is 0 Å². The molecule has 0 aliphatic rings. The van der Waals surface area contributed by atoms with Crippen LogP contribution in [0.3, 0.4) is 0 Å². The maximum Gasteiger partial charge on any atom is 0.416 e. The highest BCUT2D eigenvalue weighted by molar-refractivity contribution is 7.16.